The Morgan fingerprint density at radius 1 is 0.864 bits per heavy atom. The van der Waals surface area contributed by atoms with Crippen molar-refractivity contribution < 1.29 is 4.74 Å². The molecule has 3 aromatic rings. The second-order valence-electron chi connectivity index (χ2n) is 5.90. The quantitative estimate of drug-likeness (QED) is 0.545. The third-order valence-corrected chi connectivity index (χ3v) is 4.22. The Balaban J connectivity index is 2.21. The third kappa shape index (κ3) is 2.67. The van der Waals surface area contributed by atoms with E-state index in [1.54, 1.807) is 0 Å². The first-order valence-corrected chi connectivity index (χ1v) is 7.97. The van der Waals surface area contributed by atoms with Gasteiger partial charge in [-0.1, -0.05) is 36.4 Å². The van der Waals surface area contributed by atoms with Crippen molar-refractivity contribution >= 4 is 21.5 Å². The molecule has 0 saturated heterocycles. The van der Waals surface area contributed by atoms with Crippen LogP contribution in [0.1, 0.15) is 24.0 Å². The summed E-state index contributed by atoms with van der Waals surface area (Å²) in [5.41, 5.74) is 8.10. The Morgan fingerprint density at radius 3 is 2.00 bits per heavy atom. The van der Waals surface area contributed by atoms with E-state index in [0.717, 1.165) is 25.1 Å². The maximum Gasteiger partial charge on any atom is 0.135 e. The van der Waals surface area contributed by atoms with Crippen LogP contribution in [0.25, 0.3) is 21.5 Å². The van der Waals surface area contributed by atoms with Gasteiger partial charge in [-0.15, -0.1) is 0 Å². The van der Waals surface area contributed by atoms with E-state index in [2.05, 4.69) is 56.3 Å². The maximum atomic E-state index is 6.24. The SMILES string of the molecule is Cc1cccc2cc3cccc(C)c3c(OCCCCN)c12. The van der Waals surface area contributed by atoms with E-state index in [1.165, 1.54) is 32.7 Å². The highest BCUT2D eigenvalue weighted by Crippen LogP contribution is 2.38. The summed E-state index contributed by atoms with van der Waals surface area (Å²) >= 11 is 0. The average molecular weight is 293 g/mol. The van der Waals surface area contributed by atoms with Crippen molar-refractivity contribution in [3.05, 3.63) is 53.6 Å². The van der Waals surface area contributed by atoms with Gasteiger partial charge < -0.3 is 10.5 Å². The van der Waals surface area contributed by atoms with Crippen LogP contribution in [0.15, 0.2) is 42.5 Å². The zero-order chi connectivity index (χ0) is 15.5. The monoisotopic (exact) mass is 293 g/mol. The molecule has 2 nitrogen and oxygen atoms in total. The van der Waals surface area contributed by atoms with Gasteiger partial charge in [-0.25, -0.2) is 0 Å². The number of aryl methyl sites for hydroxylation is 2. The minimum absolute atomic E-state index is 0.716. The summed E-state index contributed by atoms with van der Waals surface area (Å²) in [4.78, 5) is 0. The molecule has 0 heterocycles. The van der Waals surface area contributed by atoms with Crippen LogP contribution < -0.4 is 10.5 Å². The van der Waals surface area contributed by atoms with Gasteiger partial charge in [0.05, 0.1) is 6.61 Å². The standard InChI is InChI=1S/C20H23NO/c1-14-7-5-9-16-13-17-10-6-8-15(2)19(17)20(18(14)16)22-12-4-3-11-21/h5-10,13H,3-4,11-12,21H2,1-2H3. The van der Waals surface area contributed by atoms with E-state index in [-0.39, 0.29) is 0 Å². The summed E-state index contributed by atoms with van der Waals surface area (Å²) in [6.45, 7) is 5.74. The smallest absolute Gasteiger partial charge is 0.135 e. The van der Waals surface area contributed by atoms with E-state index in [0.29, 0.717) is 6.61 Å². The van der Waals surface area contributed by atoms with E-state index in [4.69, 9.17) is 10.5 Å². The summed E-state index contributed by atoms with van der Waals surface area (Å²) in [5.74, 6) is 1.03. The highest BCUT2D eigenvalue weighted by Gasteiger charge is 2.12. The van der Waals surface area contributed by atoms with Gasteiger partial charge >= 0.3 is 0 Å². The van der Waals surface area contributed by atoms with Gasteiger partial charge in [0.2, 0.25) is 0 Å². The van der Waals surface area contributed by atoms with Crippen LogP contribution in [0.3, 0.4) is 0 Å². The van der Waals surface area contributed by atoms with Gasteiger partial charge in [0.1, 0.15) is 5.75 Å². The molecule has 0 saturated carbocycles. The molecule has 0 radical (unpaired) electrons. The topological polar surface area (TPSA) is 35.2 Å². The number of fused-ring (bicyclic) bond motifs is 2. The molecule has 0 spiro atoms. The lowest BCUT2D eigenvalue weighted by molar-refractivity contribution is 0.314. The summed E-state index contributed by atoms with van der Waals surface area (Å²) in [6, 6.07) is 15.1. The maximum absolute atomic E-state index is 6.24. The Bertz CT molecular complexity index is 748. The molecule has 0 aliphatic rings. The number of nitrogens with two attached hydrogens (primary N) is 1. The Hall–Kier alpha value is -2.06. The summed E-state index contributed by atoms with van der Waals surface area (Å²) < 4.78 is 6.24. The second kappa shape index (κ2) is 6.37. The first-order valence-electron chi connectivity index (χ1n) is 7.97. The molecule has 3 rings (SSSR count). The van der Waals surface area contributed by atoms with Crippen molar-refractivity contribution in [2.45, 2.75) is 26.7 Å². The first kappa shape index (κ1) is 14.9. The number of unbranched alkanes of at least 4 members (excludes halogenated alkanes) is 1. The van der Waals surface area contributed by atoms with Crippen molar-refractivity contribution in [2.75, 3.05) is 13.2 Å². The van der Waals surface area contributed by atoms with Gasteiger partial charge in [-0.2, -0.15) is 0 Å². The molecule has 3 aromatic carbocycles. The Kier molecular flexibility index (Phi) is 4.30. The van der Waals surface area contributed by atoms with E-state index >= 15 is 0 Å². The number of rotatable bonds is 5. The molecule has 2 heteroatoms. The molecule has 2 N–H and O–H groups in total. The van der Waals surface area contributed by atoms with Crippen LogP contribution in [0.2, 0.25) is 0 Å². The van der Waals surface area contributed by atoms with Crippen molar-refractivity contribution in [1.29, 1.82) is 0 Å². The van der Waals surface area contributed by atoms with Crippen molar-refractivity contribution in [3.8, 4) is 5.75 Å². The number of ether oxygens (including phenoxy) is 1. The minimum atomic E-state index is 0.716. The van der Waals surface area contributed by atoms with Crippen LogP contribution in [0.4, 0.5) is 0 Å². The molecule has 0 aromatic heterocycles. The van der Waals surface area contributed by atoms with Crippen molar-refractivity contribution in [3.63, 3.8) is 0 Å². The van der Waals surface area contributed by atoms with Crippen LogP contribution in [0.5, 0.6) is 5.75 Å². The third-order valence-electron chi connectivity index (χ3n) is 4.22. The molecule has 114 valence electrons. The van der Waals surface area contributed by atoms with Crippen LogP contribution >= 0.6 is 0 Å². The average Bonchev–Trinajstić information content (AvgIpc) is 2.51. The lowest BCUT2D eigenvalue weighted by Gasteiger charge is -2.16. The fraction of sp³-hybridized carbons (Fsp3) is 0.300. The number of benzene rings is 3. The van der Waals surface area contributed by atoms with E-state index < -0.39 is 0 Å². The molecular formula is C20H23NO. The highest BCUT2D eigenvalue weighted by molar-refractivity contribution is 6.07. The van der Waals surface area contributed by atoms with Gasteiger partial charge in [0.25, 0.3) is 0 Å². The molecule has 0 atom stereocenters. The Morgan fingerprint density at radius 2 is 1.45 bits per heavy atom. The fourth-order valence-electron chi connectivity index (χ4n) is 3.10. The van der Waals surface area contributed by atoms with Gasteiger partial charge in [-0.05, 0) is 61.2 Å². The fourth-order valence-corrected chi connectivity index (χ4v) is 3.10. The molecule has 0 unspecified atom stereocenters. The Labute approximate surface area is 131 Å². The van der Waals surface area contributed by atoms with Gasteiger partial charge in [0.15, 0.2) is 0 Å². The number of hydrogen-bond donors (Lipinski definition) is 1. The molecule has 0 fully saturated rings. The molecule has 0 bridgehead atoms. The predicted octanol–water partition coefficient (Wildman–Crippen LogP) is 4.73. The lowest BCUT2D eigenvalue weighted by Crippen LogP contribution is -2.04. The van der Waals surface area contributed by atoms with E-state index in [1.807, 2.05) is 0 Å². The largest absolute Gasteiger partial charge is 0.492 e. The molecule has 0 aliphatic heterocycles. The molecular weight excluding hydrogens is 270 g/mol. The zero-order valence-electron chi connectivity index (χ0n) is 13.4. The van der Waals surface area contributed by atoms with Crippen LogP contribution in [-0.2, 0) is 0 Å². The second-order valence-corrected chi connectivity index (χ2v) is 5.90. The molecule has 22 heavy (non-hydrogen) atoms. The normalized spacial score (nSPS) is 11.2. The summed E-state index contributed by atoms with van der Waals surface area (Å²) in [7, 11) is 0. The summed E-state index contributed by atoms with van der Waals surface area (Å²) in [5, 5.41) is 4.95. The number of hydrogen-bond acceptors (Lipinski definition) is 2. The molecule has 0 aliphatic carbocycles. The summed E-state index contributed by atoms with van der Waals surface area (Å²) in [6.07, 6.45) is 1.99. The highest BCUT2D eigenvalue weighted by atomic mass is 16.5. The lowest BCUT2D eigenvalue weighted by atomic mass is 9.96. The van der Waals surface area contributed by atoms with Gasteiger partial charge in [-0.3, -0.25) is 0 Å². The van der Waals surface area contributed by atoms with Crippen molar-refractivity contribution in [2.24, 2.45) is 5.73 Å². The van der Waals surface area contributed by atoms with Crippen molar-refractivity contribution in [1.82, 2.24) is 0 Å². The molecule has 0 amide bonds. The zero-order valence-corrected chi connectivity index (χ0v) is 13.4. The predicted molar refractivity (Wildman–Crippen MR) is 94.7 cm³/mol. The van der Waals surface area contributed by atoms with E-state index in [9.17, 15) is 0 Å². The first-order chi connectivity index (χ1) is 10.7. The van der Waals surface area contributed by atoms with Crippen LogP contribution in [-0.4, -0.2) is 13.2 Å². The van der Waals surface area contributed by atoms with Crippen LogP contribution in [0, 0.1) is 13.8 Å². The minimum Gasteiger partial charge on any atom is -0.492 e. The van der Waals surface area contributed by atoms with Gasteiger partial charge in [0, 0.05) is 10.8 Å².